The van der Waals surface area contributed by atoms with Gasteiger partial charge in [0, 0.05) is 11.4 Å². The average Bonchev–Trinajstić information content (AvgIpc) is 2.84. The highest BCUT2D eigenvalue weighted by Gasteiger charge is 2.23. The Hall–Kier alpha value is -2.22. The lowest BCUT2D eigenvalue weighted by atomic mass is 10.0. The number of amides is 1. The molecule has 23 heavy (non-hydrogen) atoms. The minimum atomic E-state index is -0.939. The van der Waals surface area contributed by atoms with Crippen molar-refractivity contribution in [2.45, 2.75) is 33.2 Å². The van der Waals surface area contributed by atoms with Crippen molar-refractivity contribution >= 4 is 39.2 Å². The number of carbonyl (C=O) groups excluding carboxylic acids is 1. The Morgan fingerprint density at radius 1 is 1.35 bits per heavy atom. The molecule has 0 aliphatic carbocycles. The van der Waals surface area contributed by atoms with Gasteiger partial charge in [-0.15, -0.1) is 11.3 Å². The molecule has 1 atom stereocenters. The number of nitrogens with zero attached hydrogens (tertiary/aromatic N) is 2. The molecule has 0 aliphatic heterocycles. The third kappa shape index (κ3) is 4.38. The Balaban J connectivity index is 2.15. The minimum absolute atomic E-state index is 0.0181. The number of aromatic nitrogens is 2. The molecule has 8 heteroatoms. The number of thiophene rings is 1. The van der Waals surface area contributed by atoms with Gasteiger partial charge in [0.05, 0.1) is 11.8 Å². The summed E-state index contributed by atoms with van der Waals surface area (Å²) in [6.07, 6.45) is 1.37. The van der Waals surface area contributed by atoms with E-state index in [0.29, 0.717) is 5.82 Å². The summed E-state index contributed by atoms with van der Waals surface area (Å²) in [7, 11) is 0. The van der Waals surface area contributed by atoms with Gasteiger partial charge in [0.2, 0.25) is 5.91 Å². The van der Waals surface area contributed by atoms with Gasteiger partial charge in [-0.2, -0.15) is 0 Å². The molecule has 2 rings (SSSR count). The van der Waals surface area contributed by atoms with E-state index in [-0.39, 0.29) is 24.8 Å². The number of hydrogen-bond donors (Lipinski definition) is 3. The monoisotopic (exact) mass is 336 g/mol. The summed E-state index contributed by atoms with van der Waals surface area (Å²) in [4.78, 5) is 33.3. The second kappa shape index (κ2) is 7.36. The van der Waals surface area contributed by atoms with Crippen LogP contribution in [-0.2, 0) is 9.59 Å². The number of carboxylic acid groups (broad SMARTS) is 1. The molecule has 0 aliphatic rings. The van der Waals surface area contributed by atoms with E-state index in [9.17, 15) is 9.59 Å². The van der Waals surface area contributed by atoms with E-state index < -0.39 is 12.0 Å². The number of aliphatic carboxylic acids is 1. The van der Waals surface area contributed by atoms with Crippen molar-refractivity contribution in [1.82, 2.24) is 15.3 Å². The predicted octanol–water partition coefficient (Wildman–Crippen LogP) is 2.03. The van der Waals surface area contributed by atoms with Crippen molar-refractivity contribution in [3.8, 4) is 0 Å². The van der Waals surface area contributed by atoms with Crippen molar-refractivity contribution < 1.29 is 14.7 Å². The summed E-state index contributed by atoms with van der Waals surface area (Å²) in [5.74, 6) is -0.540. The standard InChI is InChI=1S/C15H20N4O3S/c1-8(2)12(14(22)16-5-4-11(20)21)19-13-10-6-9(3)23-15(10)18-7-17-13/h6-8,12H,4-5H2,1-3H3,(H,16,22)(H,20,21)(H,17,18,19). The summed E-state index contributed by atoms with van der Waals surface area (Å²) in [6, 6.07) is 1.49. The Bertz CT molecular complexity index is 714. The fourth-order valence-electron chi connectivity index (χ4n) is 2.18. The molecule has 1 unspecified atom stereocenters. The highest BCUT2D eigenvalue weighted by atomic mass is 32.1. The van der Waals surface area contributed by atoms with Crippen LogP contribution in [0.1, 0.15) is 25.1 Å². The maximum atomic E-state index is 12.3. The van der Waals surface area contributed by atoms with Crippen molar-refractivity contribution in [3.05, 3.63) is 17.3 Å². The molecule has 0 saturated carbocycles. The molecule has 0 radical (unpaired) electrons. The summed E-state index contributed by atoms with van der Waals surface area (Å²) in [5.41, 5.74) is 0. The largest absolute Gasteiger partial charge is 0.481 e. The van der Waals surface area contributed by atoms with E-state index in [1.165, 1.54) is 6.33 Å². The van der Waals surface area contributed by atoms with Crippen molar-refractivity contribution in [2.75, 3.05) is 11.9 Å². The second-order valence-corrected chi connectivity index (χ2v) is 6.83. The lowest BCUT2D eigenvalue weighted by Gasteiger charge is -2.22. The van der Waals surface area contributed by atoms with Crippen molar-refractivity contribution in [2.24, 2.45) is 5.92 Å². The zero-order valence-corrected chi connectivity index (χ0v) is 14.1. The third-order valence-electron chi connectivity index (χ3n) is 3.33. The first kappa shape index (κ1) is 17.1. The van der Waals surface area contributed by atoms with Crippen LogP contribution >= 0.6 is 11.3 Å². The highest BCUT2D eigenvalue weighted by molar-refractivity contribution is 7.18. The Morgan fingerprint density at radius 2 is 2.09 bits per heavy atom. The van der Waals surface area contributed by atoms with Crippen LogP contribution in [0.5, 0.6) is 0 Å². The van der Waals surface area contributed by atoms with Crippen molar-refractivity contribution in [1.29, 1.82) is 0 Å². The Morgan fingerprint density at radius 3 is 2.74 bits per heavy atom. The first-order valence-electron chi connectivity index (χ1n) is 7.35. The molecule has 0 bridgehead atoms. The predicted molar refractivity (Wildman–Crippen MR) is 89.7 cm³/mol. The molecule has 0 spiro atoms. The number of carbonyl (C=O) groups is 2. The molecule has 3 N–H and O–H groups in total. The van der Waals surface area contributed by atoms with Gasteiger partial charge in [-0.1, -0.05) is 13.8 Å². The number of nitrogens with one attached hydrogen (secondary N) is 2. The van der Waals surface area contributed by atoms with Gasteiger partial charge in [0.25, 0.3) is 0 Å². The molecular weight excluding hydrogens is 316 g/mol. The van der Waals surface area contributed by atoms with Gasteiger partial charge >= 0.3 is 5.97 Å². The van der Waals surface area contributed by atoms with Gasteiger partial charge in [0.1, 0.15) is 23.0 Å². The zero-order valence-electron chi connectivity index (χ0n) is 13.3. The maximum Gasteiger partial charge on any atom is 0.305 e. The summed E-state index contributed by atoms with van der Waals surface area (Å²) in [5, 5.41) is 15.3. The molecule has 2 aromatic heterocycles. The second-order valence-electron chi connectivity index (χ2n) is 5.60. The summed E-state index contributed by atoms with van der Waals surface area (Å²) in [6.45, 7) is 5.95. The number of carboxylic acids is 1. The highest BCUT2D eigenvalue weighted by Crippen LogP contribution is 2.28. The topological polar surface area (TPSA) is 104 Å². The zero-order chi connectivity index (χ0) is 17.0. The van der Waals surface area contributed by atoms with Gasteiger partial charge in [-0.3, -0.25) is 9.59 Å². The fraction of sp³-hybridized carbons (Fsp3) is 0.467. The van der Waals surface area contributed by atoms with E-state index in [1.807, 2.05) is 26.8 Å². The van der Waals surface area contributed by atoms with Crippen LogP contribution in [0.2, 0.25) is 0 Å². The normalized spacial score (nSPS) is 12.3. The van der Waals surface area contributed by atoms with Crippen LogP contribution in [0.3, 0.4) is 0 Å². The SMILES string of the molecule is Cc1cc2c(NC(C(=O)NCCC(=O)O)C(C)C)ncnc2s1. The molecule has 124 valence electrons. The van der Waals surface area contributed by atoms with Crippen LogP contribution in [0.15, 0.2) is 12.4 Å². The Labute approximate surface area is 138 Å². The molecule has 0 aromatic carbocycles. The minimum Gasteiger partial charge on any atom is -0.481 e. The van der Waals surface area contributed by atoms with E-state index in [0.717, 1.165) is 15.1 Å². The van der Waals surface area contributed by atoms with Crippen molar-refractivity contribution in [3.63, 3.8) is 0 Å². The first-order valence-corrected chi connectivity index (χ1v) is 8.17. The smallest absolute Gasteiger partial charge is 0.305 e. The Kier molecular flexibility index (Phi) is 5.49. The summed E-state index contributed by atoms with van der Waals surface area (Å²) < 4.78 is 0. The molecule has 1 amide bonds. The van der Waals surface area contributed by atoms with Crippen LogP contribution < -0.4 is 10.6 Å². The van der Waals surface area contributed by atoms with Gasteiger partial charge in [-0.05, 0) is 18.9 Å². The van der Waals surface area contributed by atoms with E-state index in [4.69, 9.17) is 5.11 Å². The van der Waals surface area contributed by atoms with Crippen LogP contribution in [0.25, 0.3) is 10.2 Å². The van der Waals surface area contributed by atoms with Gasteiger partial charge in [0.15, 0.2) is 0 Å². The number of rotatable bonds is 7. The lowest BCUT2D eigenvalue weighted by molar-refractivity contribution is -0.136. The molecule has 2 heterocycles. The quantitative estimate of drug-likeness (QED) is 0.714. The van der Waals surface area contributed by atoms with E-state index >= 15 is 0 Å². The lowest BCUT2D eigenvalue weighted by Crippen LogP contribution is -2.43. The van der Waals surface area contributed by atoms with Crippen LogP contribution in [0.4, 0.5) is 5.82 Å². The summed E-state index contributed by atoms with van der Waals surface area (Å²) >= 11 is 1.57. The first-order chi connectivity index (χ1) is 10.9. The van der Waals surface area contributed by atoms with E-state index in [1.54, 1.807) is 11.3 Å². The number of hydrogen-bond acceptors (Lipinski definition) is 6. The molecule has 2 aromatic rings. The van der Waals surface area contributed by atoms with Gasteiger partial charge in [-0.25, -0.2) is 9.97 Å². The average molecular weight is 336 g/mol. The molecular formula is C15H20N4O3S. The number of aryl methyl sites for hydroxylation is 1. The van der Waals surface area contributed by atoms with Gasteiger partial charge < -0.3 is 15.7 Å². The third-order valence-corrected chi connectivity index (χ3v) is 4.29. The molecule has 0 fully saturated rings. The fourth-order valence-corrected chi connectivity index (χ4v) is 3.02. The molecule has 0 saturated heterocycles. The maximum absolute atomic E-state index is 12.3. The van der Waals surface area contributed by atoms with Crippen LogP contribution in [0, 0.1) is 12.8 Å². The number of anilines is 1. The van der Waals surface area contributed by atoms with E-state index in [2.05, 4.69) is 20.6 Å². The number of fused-ring (bicyclic) bond motifs is 1. The molecule has 7 nitrogen and oxygen atoms in total. The van der Waals surface area contributed by atoms with Crippen LogP contribution in [-0.4, -0.2) is 39.5 Å².